The lowest BCUT2D eigenvalue weighted by Gasteiger charge is -2.47. The van der Waals surface area contributed by atoms with Gasteiger partial charge in [0.05, 0.1) is 11.6 Å². The Labute approximate surface area is 101 Å². The molecule has 1 fully saturated rings. The van der Waals surface area contributed by atoms with E-state index in [4.69, 9.17) is 22.1 Å². The molecule has 1 aliphatic rings. The second-order valence-electron chi connectivity index (χ2n) is 4.39. The molecule has 4 heteroatoms. The molecule has 88 valence electrons. The van der Waals surface area contributed by atoms with Gasteiger partial charge in [0.1, 0.15) is 0 Å². The molecule has 0 bridgehead atoms. The van der Waals surface area contributed by atoms with Crippen molar-refractivity contribution < 1.29 is 4.74 Å². The molecular weight excluding hydrogens is 224 g/mol. The van der Waals surface area contributed by atoms with Crippen LogP contribution in [0, 0.1) is 0 Å². The average Bonchev–Trinajstić information content (AvgIpc) is 2.23. The van der Waals surface area contributed by atoms with Gasteiger partial charge in [-0.1, -0.05) is 17.7 Å². The quantitative estimate of drug-likeness (QED) is 0.849. The molecule has 1 aliphatic carbocycles. The summed E-state index contributed by atoms with van der Waals surface area (Å²) in [7, 11) is 1.74. The maximum absolute atomic E-state index is 5.94. The van der Waals surface area contributed by atoms with Crippen molar-refractivity contribution in [1.82, 2.24) is 0 Å². The molecule has 1 aromatic rings. The maximum atomic E-state index is 5.94. The minimum absolute atomic E-state index is 0.0225. The highest BCUT2D eigenvalue weighted by Gasteiger charge is 2.43. The van der Waals surface area contributed by atoms with Gasteiger partial charge in [-0.05, 0) is 31.0 Å². The highest BCUT2D eigenvalue weighted by molar-refractivity contribution is 6.30. The maximum Gasteiger partial charge on any atom is 0.0616 e. The lowest BCUT2D eigenvalue weighted by atomic mass is 9.74. The van der Waals surface area contributed by atoms with Crippen LogP contribution in [0.1, 0.15) is 12.8 Å². The van der Waals surface area contributed by atoms with Crippen LogP contribution in [-0.2, 0) is 4.74 Å². The predicted molar refractivity (Wildman–Crippen MR) is 66.9 cm³/mol. The summed E-state index contributed by atoms with van der Waals surface area (Å²) in [5.41, 5.74) is 6.82. The van der Waals surface area contributed by atoms with Gasteiger partial charge in [0.25, 0.3) is 0 Å². The second kappa shape index (κ2) is 4.62. The number of anilines is 1. The third kappa shape index (κ3) is 2.32. The summed E-state index contributed by atoms with van der Waals surface area (Å²) in [6.07, 6.45) is 2.23. The fourth-order valence-electron chi connectivity index (χ4n) is 2.17. The number of nitrogens with two attached hydrogens (primary N) is 1. The normalized spacial score (nSPS) is 28.6. The minimum atomic E-state index is -0.0225. The molecule has 0 spiro atoms. The molecule has 0 unspecified atom stereocenters. The molecule has 0 saturated heterocycles. The van der Waals surface area contributed by atoms with Crippen LogP contribution in [0.15, 0.2) is 24.3 Å². The number of rotatable bonds is 4. The Bertz CT molecular complexity index is 364. The van der Waals surface area contributed by atoms with E-state index in [0.29, 0.717) is 12.6 Å². The first-order valence-electron chi connectivity index (χ1n) is 5.44. The zero-order valence-corrected chi connectivity index (χ0v) is 10.1. The van der Waals surface area contributed by atoms with Crippen molar-refractivity contribution in [2.75, 3.05) is 19.0 Å². The number of hydrogen-bond acceptors (Lipinski definition) is 3. The van der Waals surface area contributed by atoms with E-state index in [1.807, 2.05) is 24.3 Å². The van der Waals surface area contributed by atoms with Gasteiger partial charge in [0.15, 0.2) is 0 Å². The van der Waals surface area contributed by atoms with Crippen LogP contribution in [0.3, 0.4) is 0 Å². The van der Waals surface area contributed by atoms with Crippen LogP contribution < -0.4 is 11.1 Å². The Hall–Kier alpha value is -0.770. The largest absolute Gasteiger partial charge is 0.381 e. The van der Waals surface area contributed by atoms with Crippen molar-refractivity contribution in [3.05, 3.63) is 29.3 Å². The Morgan fingerprint density at radius 2 is 2.31 bits per heavy atom. The van der Waals surface area contributed by atoms with Crippen molar-refractivity contribution >= 4 is 17.3 Å². The molecule has 0 radical (unpaired) electrons. The van der Waals surface area contributed by atoms with E-state index >= 15 is 0 Å². The van der Waals surface area contributed by atoms with Crippen LogP contribution in [0.2, 0.25) is 5.02 Å². The summed E-state index contributed by atoms with van der Waals surface area (Å²) in [5.74, 6) is 0. The van der Waals surface area contributed by atoms with Gasteiger partial charge < -0.3 is 15.8 Å². The molecule has 3 N–H and O–H groups in total. The molecule has 0 aliphatic heterocycles. The highest BCUT2D eigenvalue weighted by atomic mass is 35.5. The van der Waals surface area contributed by atoms with Crippen molar-refractivity contribution in [1.29, 1.82) is 0 Å². The van der Waals surface area contributed by atoms with E-state index in [0.717, 1.165) is 23.6 Å². The third-order valence-corrected chi connectivity index (χ3v) is 3.43. The predicted octanol–water partition coefficient (Wildman–Crippen LogP) is 2.26. The average molecular weight is 241 g/mol. The summed E-state index contributed by atoms with van der Waals surface area (Å²) in [6, 6.07) is 7.71. The molecule has 1 aromatic carbocycles. The summed E-state index contributed by atoms with van der Waals surface area (Å²) in [6.45, 7) is 0.610. The summed E-state index contributed by atoms with van der Waals surface area (Å²) in [5, 5.41) is 4.19. The number of benzene rings is 1. The zero-order chi connectivity index (χ0) is 11.6. The molecular formula is C12H17ClN2O. The summed E-state index contributed by atoms with van der Waals surface area (Å²) < 4.78 is 5.28. The van der Waals surface area contributed by atoms with Crippen molar-refractivity contribution in [3.8, 4) is 0 Å². The zero-order valence-electron chi connectivity index (χ0n) is 9.37. The number of hydrogen-bond donors (Lipinski definition) is 2. The molecule has 0 aromatic heterocycles. The van der Waals surface area contributed by atoms with Crippen LogP contribution in [0.25, 0.3) is 0 Å². The van der Waals surface area contributed by atoms with Gasteiger partial charge in [-0.2, -0.15) is 0 Å². The first-order chi connectivity index (χ1) is 7.67. The van der Waals surface area contributed by atoms with E-state index in [2.05, 4.69) is 5.32 Å². The fourth-order valence-corrected chi connectivity index (χ4v) is 2.36. The van der Waals surface area contributed by atoms with E-state index in [9.17, 15) is 0 Å². The van der Waals surface area contributed by atoms with Gasteiger partial charge in [0.2, 0.25) is 0 Å². The fraction of sp³-hybridized carbons (Fsp3) is 0.500. The number of halogens is 1. The smallest absolute Gasteiger partial charge is 0.0616 e. The van der Waals surface area contributed by atoms with Gasteiger partial charge in [0, 0.05) is 24.4 Å². The Morgan fingerprint density at radius 1 is 1.56 bits per heavy atom. The molecule has 2 rings (SSSR count). The van der Waals surface area contributed by atoms with E-state index < -0.39 is 0 Å². The van der Waals surface area contributed by atoms with Gasteiger partial charge in [-0.15, -0.1) is 0 Å². The molecule has 0 amide bonds. The van der Waals surface area contributed by atoms with Gasteiger partial charge >= 0.3 is 0 Å². The number of methoxy groups -OCH3 is 1. The Balaban J connectivity index is 2.03. The summed E-state index contributed by atoms with van der Waals surface area (Å²) >= 11 is 5.94. The number of ether oxygens (including phenoxy) is 1. The van der Waals surface area contributed by atoms with Crippen molar-refractivity contribution in [2.24, 2.45) is 5.73 Å². The third-order valence-electron chi connectivity index (χ3n) is 3.20. The second-order valence-corrected chi connectivity index (χ2v) is 4.82. The molecule has 16 heavy (non-hydrogen) atoms. The van der Waals surface area contributed by atoms with Crippen molar-refractivity contribution in [3.63, 3.8) is 0 Å². The van der Waals surface area contributed by atoms with Crippen LogP contribution in [0.5, 0.6) is 0 Å². The molecule has 0 heterocycles. The van der Waals surface area contributed by atoms with Crippen LogP contribution in [-0.4, -0.2) is 25.3 Å². The van der Waals surface area contributed by atoms with E-state index in [1.165, 1.54) is 0 Å². The summed E-state index contributed by atoms with van der Waals surface area (Å²) in [4.78, 5) is 0. The lowest BCUT2D eigenvalue weighted by Crippen LogP contribution is -2.58. The van der Waals surface area contributed by atoms with Gasteiger partial charge in [-0.3, -0.25) is 0 Å². The Morgan fingerprint density at radius 3 is 2.88 bits per heavy atom. The number of nitrogens with one attached hydrogen (secondary N) is 1. The standard InChI is InChI=1S/C12H17ClN2O/c1-16-11-6-12(7-11,8-14)15-10-4-2-3-9(13)5-10/h2-5,11,15H,6-8,14H2,1H3. The molecule has 3 nitrogen and oxygen atoms in total. The monoisotopic (exact) mass is 240 g/mol. The Kier molecular flexibility index (Phi) is 3.38. The molecule has 0 atom stereocenters. The van der Waals surface area contributed by atoms with E-state index in [1.54, 1.807) is 7.11 Å². The van der Waals surface area contributed by atoms with Gasteiger partial charge in [-0.25, -0.2) is 0 Å². The van der Waals surface area contributed by atoms with Crippen molar-refractivity contribution in [2.45, 2.75) is 24.5 Å². The minimum Gasteiger partial charge on any atom is -0.381 e. The highest BCUT2D eigenvalue weighted by Crippen LogP contribution is 2.36. The SMILES string of the molecule is COC1CC(CN)(Nc2cccc(Cl)c2)C1. The van der Waals surface area contributed by atoms with E-state index in [-0.39, 0.29) is 5.54 Å². The van der Waals surface area contributed by atoms with Crippen LogP contribution >= 0.6 is 11.6 Å². The van der Waals surface area contributed by atoms with Crippen LogP contribution in [0.4, 0.5) is 5.69 Å². The first kappa shape index (κ1) is 11.7. The first-order valence-corrected chi connectivity index (χ1v) is 5.82. The molecule has 1 saturated carbocycles. The lowest BCUT2D eigenvalue weighted by molar-refractivity contribution is -0.00244. The topological polar surface area (TPSA) is 47.3 Å².